The maximum absolute atomic E-state index is 11.2. The number of hydrogen-bond donors (Lipinski definition) is 0. The highest BCUT2D eigenvalue weighted by atomic mass is 35.7. The van der Waals surface area contributed by atoms with Crippen LogP contribution in [0.4, 0.5) is 0 Å². The maximum Gasteiger partial charge on any atom is 0.262 e. The number of rotatable bonds is 3. The van der Waals surface area contributed by atoms with Gasteiger partial charge in [0, 0.05) is 20.6 Å². The molecule has 0 aliphatic rings. The fraction of sp³-hybridized carbons (Fsp3) is 0.250. The highest BCUT2D eigenvalue weighted by Crippen LogP contribution is 2.30. The predicted molar refractivity (Wildman–Crippen MR) is 60.9 cm³/mol. The minimum atomic E-state index is -3.71. The van der Waals surface area contributed by atoms with E-state index in [1.807, 2.05) is 6.92 Å². The minimum Gasteiger partial charge on any atom is -0.207 e. The van der Waals surface area contributed by atoms with Crippen LogP contribution in [0.3, 0.4) is 0 Å². The first-order chi connectivity index (χ1) is 6.45. The first-order valence-electron chi connectivity index (χ1n) is 3.82. The van der Waals surface area contributed by atoms with E-state index in [4.69, 9.17) is 22.3 Å². The Balaban J connectivity index is 3.30. The fourth-order valence-electron chi connectivity index (χ4n) is 0.947. The first kappa shape index (κ1) is 12.2. The molecule has 0 atom stereocenters. The maximum atomic E-state index is 11.2. The van der Waals surface area contributed by atoms with E-state index in [0.717, 1.165) is 5.75 Å². The summed E-state index contributed by atoms with van der Waals surface area (Å²) in [5.74, 6) is 0.779. The van der Waals surface area contributed by atoms with Gasteiger partial charge in [-0.05, 0) is 24.0 Å². The second-order valence-electron chi connectivity index (χ2n) is 2.46. The topological polar surface area (TPSA) is 34.1 Å². The molecule has 0 spiro atoms. The Bertz CT molecular complexity index is 429. The lowest BCUT2D eigenvalue weighted by molar-refractivity contribution is 0.608. The Hall–Kier alpha value is 0.1000. The van der Waals surface area contributed by atoms with Gasteiger partial charge in [0.25, 0.3) is 9.05 Å². The van der Waals surface area contributed by atoms with Crippen molar-refractivity contribution >= 4 is 43.1 Å². The molecule has 1 aromatic rings. The Labute approximate surface area is 97.0 Å². The average Bonchev–Trinajstić information content (AvgIpc) is 2.07. The van der Waals surface area contributed by atoms with Gasteiger partial charge in [-0.2, -0.15) is 0 Å². The van der Waals surface area contributed by atoms with Crippen molar-refractivity contribution in [3.63, 3.8) is 0 Å². The predicted octanol–water partition coefficient (Wildman–Crippen LogP) is 3.38. The standard InChI is InChI=1S/C8H8Cl2O2S2/c1-2-13-7-4-3-6(9)5-8(7)14(10,11)12/h3-5H,2H2,1H3. The molecular formula is C8H8Cl2O2S2. The van der Waals surface area contributed by atoms with Crippen molar-refractivity contribution in [2.45, 2.75) is 16.7 Å². The Kier molecular flexibility index (Phi) is 4.13. The van der Waals surface area contributed by atoms with Crippen molar-refractivity contribution < 1.29 is 8.42 Å². The van der Waals surface area contributed by atoms with E-state index in [9.17, 15) is 8.42 Å². The fourth-order valence-corrected chi connectivity index (χ4v) is 3.46. The van der Waals surface area contributed by atoms with Crippen molar-refractivity contribution in [2.24, 2.45) is 0 Å². The number of thioether (sulfide) groups is 1. The molecule has 0 fully saturated rings. The highest BCUT2D eigenvalue weighted by molar-refractivity contribution is 8.14. The van der Waals surface area contributed by atoms with Crippen LogP contribution in [0.2, 0.25) is 5.02 Å². The van der Waals surface area contributed by atoms with Crippen molar-refractivity contribution in [3.8, 4) is 0 Å². The van der Waals surface area contributed by atoms with Gasteiger partial charge in [-0.15, -0.1) is 11.8 Å². The number of halogens is 2. The van der Waals surface area contributed by atoms with Crippen LogP contribution in [-0.2, 0) is 9.05 Å². The van der Waals surface area contributed by atoms with Crippen LogP contribution in [0.1, 0.15) is 6.92 Å². The Morgan fingerprint density at radius 2 is 2.07 bits per heavy atom. The van der Waals surface area contributed by atoms with Crippen molar-refractivity contribution in [3.05, 3.63) is 23.2 Å². The van der Waals surface area contributed by atoms with Crippen LogP contribution in [0.15, 0.2) is 28.0 Å². The van der Waals surface area contributed by atoms with Gasteiger partial charge >= 0.3 is 0 Å². The van der Waals surface area contributed by atoms with E-state index in [1.54, 1.807) is 12.1 Å². The molecule has 0 amide bonds. The lowest BCUT2D eigenvalue weighted by Gasteiger charge is -2.04. The summed E-state index contributed by atoms with van der Waals surface area (Å²) in [5, 5.41) is 0.365. The first-order valence-corrected chi connectivity index (χ1v) is 7.49. The zero-order valence-corrected chi connectivity index (χ0v) is 10.5. The molecule has 0 aromatic heterocycles. The summed E-state index contributed by atoms with van der Waals surface area (Å²) < 4.78 is 22.3. The Morgan fingerprint density at radius 3 is 2.57 bits per heavy atom. The second-order valence-corrected chi connectivity index (χ2v) is 6.74. The SMILES string of the molecule is CCSc1ccc(Cl)cc1S(=O)(=O)Cl. The molecule has 0 aliphatic carbocycles. The number of hydrogen-bond acceptors (Lipinski definition) is 3. The zero-order valence-electron chi connectivity index (χ0n) is 7.33. The van der Waals surface area contributed by atoms with Gasteiger partial charge in [0.05, 0.1) is 4.90 Å². The Morgan fingerprint density at radius 1 is 1.43 bits per heavy atom. The molecule has 78 valence electrons. The van der Waals surface area contributed by atoms with Crippen LogP contribution in [0.25, 0.3) is 0 Å². The molecule has 0 radical (unpaired) electrons. The van der Waals surface area contributed by atoms with Crippen molar-refractivity contribution in [1.82, 2.24) is 0 Å². The third kappa shape index (κ3) is 3.05. The normalized spacial score (nSPS) is 11.6. The van der Waals surface area contributed by atoms with E-state index >= 15 is 0 Å². The van der Waals surface area contributed by atoms with Crippen molar-refractivity contribution in [2.75, 3.05) is 5.75 Å². The molecule has 1 aromatic carbocycles. The molecule has 0 N–H and O–H groups in total. The molecule has 0 aliphatic heterocycles. The molecule has 0 heterocycles. The van der Waals surface area contributed by atoms with Gasteiger partial charge in [-0.3, -0.25) is 0 Å². The van der Waals surface area contributed by atoms with Gasteiger partial charge in [-0.25, -0.2) is 8.42 Å². The van der Waals surface area contributed by atoms with Crippen molar-refractivity contribution in [1.29, 1.82) is 0 Å². The smallest absolute Gasteiger partial charge is 0.207 e. The van der Waals surface area contributed by atoms with Crippen LogP contribution >= 0.6 is 34.0 Å². The summed E-state index contributed by atoms with van der Waals surface area (Å²) in [4.78, 5) is 0.713. The van der Waals surface area contributed by atoms with Crippen LogP contribution in [-0.4, -0.2) is 14.2 Å². The van der Waals surface area contributed by atoms with E-state index < -0.39 is 9.05 Å². The minimum absolute atomic E-state index is 0.0820. The quantitative estimate of drug-likeness (QED) is 0.624. The van der Waals surface area contributed by atoms with Crippen LogP contribution in [0, 0.1) is 0 Å². The van der Waals surface area contributed by atoms with E-state index in [-0.39, 0.29) is 4.90 Å². The third-order valence-electron chi connectivity index (χ3n) is 1.47. The van der Waals surface area contributed by atoms with Gasteiger partial charge in [0.2, 0.25) is 0 Å². The van der Waals surface area contributed by atoms with Gasteiger partial charge < -0.3 is 0 Å². The molecule has 0 bridgehead atoms. The lowest BCUT2D eigenvalue weighted by Crippen LogP contribution is -1.93. The molecule has 14 heavy (non-hydrogen) atoms. The molecular weight excluding hydrogens is 263 g/mol. The lowest BCUT2D eigenvalue weighted by atomic mass is 10.4. The summed E-state index contributed by atoms with van der Waals surface area (Å²) in [5.41, 5.74) is 0. The zero-order chi connectivity index (χ0) is 10.8. The van der Waals surface area contributed by atoms with Gasteiger partial charge in [0.15, 0.2) is 0 Å². The summed E-state index contributed by atoms with van der Waals surface area (Å²) in [6, 6.07) is 4.67. The molecule has 0 saturated heterocycles. The second kappa shape index (κ2) is 4.75. The molecule has 2 nitrogen and oxygen atoms in total. The molecule has 0 saturated carbocycles. The average molecular weight is 271 g/mol. The summed E-state index contributed by atoms with van der Waals surface area (Å²) in [6.07, 6.45) is 0. The molecule has 1 rings (SSSR count). The highest BCUT2D eigenvalue weighted by Gasteiger charge is 2.15. The van der Waals surface area contributed by atoms with Gasteiger partial charge in [0.1, 0.15) is 0 Å². The van der Waals surface area contributed by atoms with E-state index in [0.29, 0.717) is 9.92 Å². The molecule has 6 heteroatoms. The molecule has 0 unspecified atom stereocenters. The van der Waals surface area contributed by atoms with E-state index in [2.05, 4.69) is 0 Å². The monoisotopic (exact) mass is 270 g/mol. The summed E-state index contributed by atoms with van der Waals surface area (Å²) >= 11 is 7.11. The summed E-state index contributed by atoms with van der Waals surface area (Å²) in [6.45, 7) is 1.93. The summed E-state index contributed by atoms with van der Waals surface area (Å²) in [7, 11) is 1.56. The van der Waals surface area contributed by atoms with Crippen LogP contribution in [0.5, 0.6) is 0 Å². The largest absolute Gasteiger partial charge is 0.262 e. The number of benzene rings is 1. The van der Waals surface area contributed by atoms with Gasteiger partial charge in [-0.1, -0.05) is 18.5 Å². The van der Waals surface area contributed by atoms with Crippen LogP contribution < -0.4 is 0 Å². The third-order valence-corrected chi connectivity index (χ3v) is 4.15. The van der Waals surface area contributed by atoms with E-state index in [1.165, 1.54) is 17.8 Å².